The Balaban J connectivity index is 1.51. The maximum absolute atomic E-state index is 12.3. The first-order valence-electron chi connectivity index (χ1n) is 9.72. The highest BCUT2D eigenvalue weighted by atomic mass is 16.2. The fourth-order valence-electron chi connectivity index (χ4n) is 3.34. The summed E-state index contributed by atoms with van der Waals surface area (Å²) < 4.78 is 0. The zero-order chi connectivity index (χ0) is 19.1. The molecule has 142 valence electrons. The zero-order valence-corrected chi connectivity index (χ0v) is 15.8. The monoisotopic (exact) mass is 365 g/mol. The third-order valence-corrected chi connectivity index (χ3v) is 4.97. The van der Waals surface area contributed by atoms with Crippen LogP contribution in [0.1, 0.15) is 54.9 Å². The first kappa shape index (κ1) is 19.0. The molecule has 1 aliphatic rings. The van der Waals surface area contributed by atoms with Crippen molar-refractivity contribution in [1.82, 2.24) is 5.32 Å². The summed E-state index contributed by atoms with van der Waals surface area (Å²) in [6.45, 7) is 2.09. The molecule has 2 aromatic carbocycles. The molecule has 0 bridgehead atoms. The molecule has 0 heterocycles. The molecule has 1 aliphatic carbocycles. The van der Waals surface area contributed by atoms with E-state index in [0.29, 0.717) is 11.3 Å². The highest BCUT2D eigenvalue weighted by molar-refractivity contribution is 6.00. The molecular weight excluding hydrogens is 338 g/mol. The van der Waals surface area contributed by atoms with Gasteiger partial charge in [-0.2, -0.15) is 0 Å². The number of urea groups is 1. The average molecular weight is 365 g/mol. The molecule has 1 saturated carbocycles. The quantitative estimate of drug-likeness (QED) is 0.701. The van der Waals surface area contributed by atoms with Crippen LogP contribution in [0, 0.1) is 0 Å². The third kappa shape index (κ3) is 5.58. The van der Waals surface area contributed by atoms with Crippen LogP contribution in [0.25, 0.3) is 0 Å². The third-order valence-electron chi connectivity index (χ3n) is 4.97. The summed E-state index contributed by atoms with van der Waals surface area (Å²) in [6.07, 6.45) is 6.72. The molecule has 3 amide bonds. The molecule has 3 N–H and O–H groups in total. The van der Waals surface area contributed by atoms with Crippen molar-refractivity contribution >= 4 is 23.3 Å². The summed E-state index contributed by atoms with van der Waals surface area (Å²) >= 11 is 0. The van der Waals surface area contributed by atoms with E-state index in [4.69, 9.17) is 0 Å². The molecule has 0 aromatic heterocycles. The molecule has 0 atom stereocenters. The van der Waals surface area contributed by atoms with E-state index in [1.807, 2.05) is 24.3 Å². The van der Waals surface area contributed by atoms with Crippen LogP contribution < -0.4 is 16.0 Å². The Morgan fingerprint density at radius 2 is 1.41 bits per heavy atom. The van der Waals surface area contributed by atoms with Gasteiger partial charge in [0.2, 0.25) is 0 Å². The molecular formula is C22H27N3O2. The molecule has 0 unspecified atom stereocenters. The van der Waals surface area contributed by atoms with E-state index in [9.17, 15) is 9.59 Å². The van der Waals surface area contributed by atoms with E-state index in [0.717, 1.165) is 24.9 Å². The van der Waals surface area contributed by atoms with Crippen molar-refractivity contribution in [3.8, 4) is 0 Å². The van der Waals surface area contributed by atoms with Gasteiger partial charge in [0.15, 0.2) is 0 Å². The SMILES string of the molecule is CCc1ccc(NC(=O)Nc2ccc(C(=O)NC3CCCCC3)cc2)cc1. The van der Waals surface area contributed by atoms with Gasteiger partial charge in [0, 0.05) is 23.0 Å². The standard InChI is InChI=1S/C22H27N3O2/c1-2-16-8-12-19(13-9-16)24-22(27)25-20-14-10-17(11-15-20)21(26)23-18-6-4-3-5-7-18/h8-15,18H,2-7H2,1H3,(H,23,26)(H2,24,25,27). The second kappa shape index (κ2) is 9.21. The summed E-state index contributed by atoms with van der Waals surface area (Å²) in [7, 11) is 0. The van der Waals surface area contributed by atoms with Crippen LogP contribution >= 0.6 is 0 Å². The van der Waals surface area contributed by atoms with Crippen LogP contribution in [0.15, 0.2) is 48.5 Å². The highest BCUT2D eigenvalue weighted by Gasteiger charge is 2.16. The van der Waals surface area contributed by atoms with E-state index < -0.39 is 0 Å². The van der Waals surface area contributed by atoms with Crippen LogP contribution in [0.2, 0.25) is 0 Å². The van der Waals surface area contributed by atoms with Crippen LogP contribution in [-0.4, -0.2) is 18.0 Å². The number of rotatable bonds is 5. The first-order chi connectivity index (χ1) is 13.1. The Hall–Kier alpha value is -2.82. The molecule has 5 heteroatoms. The lowest BCUT2D eigenvalue weighted by atomic mass is 9.95. The molecule has 5 nitrogen and oxygen atoms in total. The molecule has 0 saturated heterocycles. The number of hydrogen-bond acceptors (Lipinski definition) is 2. The predicted octanol–water partition coefficient (Wildman–Crippen LogP) is 4.96. The van der Waals surface area contributed by atoms with Gasteiger partial charge >= 0.3 is 6.03 Å². The topological polar surface area (TPSA) is 70.2 Å². The molecule has 3 rings (SSSR count). The average Bonchev–Trinajstić information content (AvgIpc) is 2.70. The minimum Gasteiger partial charge on any atom is -0.349 e. The van der Waals surface area contributed by atoms with Crippen molar-refractivity contribution in [3.05, 3.63) is 59.7 Å². The molecule has 2 aromatic rings. The van der Waals surface area contributed by atoms with Crippen molar-refractivity contribution in [2.75, 3.05) is 10.6 Å². The Kier molecular flexibility index (Phi) is 6.47. The summed E-state index contributed by atoms with van der Waals surface area (Å²) in [6, 6.07) is 14.7. The maximum Gasteiger partial charge on any atom is 0.323 e. The van der Waals surface area contributed by atoms with E-state index in [1.165, 1.54) is 24.8 Å². The lowest BCUT2D eigenvalue weighted by Crippen LogP contribution is -2.36. The summed E-state index contributed by atoms with van der Waals surface area (Å²) in [4.78, 5) is 24.4. The number of anilines is 2. The Labute approximate surface area is 160 Å². The number of carbonyl (C=O) groups is 2. The van der Waals surface area contributed by atoms with Crippen LogP contribution in [-0.2, 0) is 6.42 Å². The second-order valence-electron chi connectivity index (χ2n) is 7.02. The van der Waals surface area contributed by atoms with Gasteiger partial charge in [-0.3, -0.25) is 4.79 Å². The Morgan fingerprint density at radius 1 is 0.852 bits per heavy atom. The summed E-state index contributed by atoms with van der Waals surface area (Å²) in [5.41, 5.74) is 3.23. The lowest BCUT2D eigenvalue weighted by molar-refractivity contribution is 0.0927. The van der Waals surface area contributed by atoms with Gasteiger partial charge in [0.05, 0.1) is 0 Å². The van der Waals surface area contributed by atoms with Crippen molar-refractivity contribution in [3.63, 3.8) is 0 Å². The molecule has 0 aliphatic heterocycles. The van der Waals surface area contributed by atoms with Gasteiger partial charge in [-0.15, -0.1) is 0 Å². The van der Waals surface area contributed by atoms with E-state index in [-0.39, 0.29) is 18.0 Å². The maximum atomic E-state index is 12.3. The fraction of sp³-hybridized carbons (Fsp3) is 0.364. The summed E-state index contributed by atoms with van der Waals surface area (Å²) in [5.74, 6) is -0.0473. The van der Waals surface area contributed by atoms with Crippen LogP contribution in [0.5, 0.6) is 0 Å². The summed E-state index contributed by atoms with van der Waals surface area (Å²) in [5, 5.41) is 8.69. The number of nitrogens with one attached hydrogen (secondary N) is 3. The van der Waals surface area contributed by atoms with Crippen LogP contribution in [0.4, 0.5) is 16.2 Å². The number of hydrogen-bond donors (Lipinski definition) is 3. The minimum atomic E-state index is -0.307. The zero-order valence-electron chi connectivity index (χ0n) is 15.8. The Bertz CT molecular complexity index is 763. The largest absolute Gasteiger partial charge is 0.349 e. The van der Waals surface area contributed by atoms with Gasteiger partial charge < -0.3 is 16.0 Å². The van der Waals surface area contributed by atoms with Gasteiger partial charge in [-0.05, 0) is 61.2 Å². The number of benzene rings is 2. The second-order valence-corrected chi connectivity index (χ2v) is 7.02. The van der Waals surface area contributed by atoms with E-state index in [2.05, 4.69) is 22.9 Å². The molecule has 0 radical (unpaired) electrons. The number of amides is 3. The van der Waals surface area contributed by atoms with E-state index in [1.54, 1.807) is 24.3 Å². The smallest absolute Gasteiger partial charge is 0.323 e. The van der Waals surface area contributed by atoms with Gasteiger partial charge in [-0.25, -0.2) is 4.79 Å². The number of carbonyl (C=O) groups excluding carboxylic acids is 2. The lowest BCUT2D eigenvalue weighted by Gasteiger charge is -2.22. The van der Waals surface area contributed by atoms with Crippen molar-refractivity contribution in [1.29, 1.82) is 0 Å². The molecule has 27 heavy (non-hydrogen) atoms. The highest BCUT2D eigenvalue weighted by Crippen LogP contribution is 2.18. The molecule has 1 fully saturated rings. The van der Waals surface area contributed by atoms with Crippen molar-refractivity contribution in [2.24, 2.45) is 0 Å². The normalized spacial score (nSPS) is 14.4. The van der Waals surface area contributed by atoms with Crippen LogP contribution in [0.3, 0.4) is 0 Å². The van der Waals surface area contributed by atoms with Gasteiger partial charge in [-0.1, -0.05) is 38.3 Å². The van der Waals surface area contributed by atoms with Gasteiger partial charge in [0.1, 0.15) is 0 Å². The minimum absolute atomic E-state index is 0.0473. The first-order valence-corrected chi connectivity index (χ1v) is 9.72. The van der Waals surface area contributed by atoms with Gasteiger partial charge in [0.25, 0.3) is 5.91 Å². The Morgan fingerprint density at radius 3 is 1.96 bits per heavy atom. The van der Waals surface area contributed by atoms with Crippen molar-refractivity contribution < 1.29 is 9.59 Å². The van der Waals surface area contributed by atoms with E-state index >= 15 is 0 Å². The number of aryl methyl sites for hydroxylation is 1. The predicted molar refractivity (Wildman–Crippen MR) is 109 cm³/mol. The molecule has 0 spiro atoms. The van der Waals surface area contributed by atoms with Crippen molar-refractivity contribution in [2.45, 2.75) is 51.5 Å². The fourth-order valence-corrected chi connectivity index (χ4v) is 3.34.